The van der Waals surface area contributed by atoms with Gasteiger partial charge in [-0.25, -0.2) is 9.18 Å². The maximum Gasteiger partial charge on any atom is 0.359 e. The van der Waals surface area contributed by atoms with Crippen molar-refractivity contribution < 1.29 is 23.6 Å². The third-order valence-electron chi connectivity index (χ3n) is 4.77. The van der Waals surface area contributed by atoms with E-state index in [1.807, 2.05) is 0 Å². The third kappa shape index (κ3) is 4.01. The number of rotatable bonds is 6. The summed E-state index contributed by atoms with van der Waals surface area (Å²) in [5.74, 6) is -2.43. The second kappa shape index (κ2) is 9.19. The Morgan fingerprint density at radius 1 is 1.21 bits per heavy atom. The fourth-order valence-corrected chi connectivity index (χ4v) is 4.21. The van der Waals surface area contributed by atoms with Crippen LogP contribution in [-0.2, 0) is 4.74 Å². The van der Waals surface area contributed by atoms with Gasteiger partial charge in [-0.15, -0.1) is 11.3 Å². The number of aromatic nitrogens is 2. The van der Waals surface area contributed by atoms with Crippen LogP contribution in [0.5, 0.6) is 0 Å². The van der Waals surface area contributed by atoms with Crippen LogP contribution in [0.4, 0.5) is 15.1 Å². The summed E-state index contributed by atoms with van der Waals surface area (Å²) in [6, 6.07) is 10.7. The van der Waals surface area contributed by atoms with Crippen molar-refractivity contribution in [3.63, 3.8) is 0 Å². The molecule has 0 atom stereocenters. The first-order chi connectivity index (χ1) is 16.3. The van der Waals surface area contributed by atoms with Crippen molar-refractivity contribution >= 4 is 44.7 Å². The van der Waals surface area contributed by atoms with Gasteiger partial charge in [-0.2, -0.15) is 9.78 Å². The predicted octanol–water partition coefficient (Wildman–Crippen LogP) is 3.92. The molecule has 2 aromatic carbocycles. The van der Waals surface area contributed by atoms with E-state index < -0.39 is 33.9 Å². The van der Waals surface area contributed by atoms with E-state index in [0.29, 0.717) is 0 Å². The van der Waals surface area contributed by atoms with Crippen molar-refractivity contribution in [3.05, 3.63) is 91.5 Å². The van der Waals surface area contributed by atoms with Crippen molar-refractivity contribution in [1.82, 2.24) is 9.78 Å². The van der Waals surface area contributed by atoms with Crippen molar-refractivity contribution in [2.24, 2.45) is 0 Å². The zero-order chi connectivity index (χ0) is 24.4. The van der Waals surface area contributed by atoms with Gasteiger partial charge in [-0.05, 0) is 25.1 Å². The summed E-state index contributed by atoms with van der Waals surface area (Å²) in [5.41, 5.74) is -1.89. The normalized spacial score (nSPS) is 10.8. The lowest BCUT2D eigenvalue weighted by molar-refractivity contribution is -0.385. The van der Waals surface area contributed by atoms with Crippen LogP contribution in [-0.4, -0.2) is 33.2 Å². The Bertz CT molecular complexity index is 1510. The number of halogens is 1. The highest BCUT2D eigenvalue weighted by atomic mass is 32.1. The van der Waals surface area contributed by atoms with Crippen molar-refractivity contribution in [1.29, 1.82) is 0 Å². The molecule has 1 N–H and O–H groups in total. The van der Waals surface area contributed by atoms with E-state index in [0.717, 1.165) is 22.1 Å². The maximum atomic E-state index is 14.5. The number of ether oxygens (including phenoxy) is 1. The van der Waals surface area contributed by atoms with Gasteiger partial charge in [0.15, 0.2) is 5.69 Å². The number of nitrogens with one attached hydrogen (secondary N) is 1. The summed E-state index contributed by atoms with van der Waals surface area (Å²) in [6.45, 7) is 1.63. The molecule has 12 heteroatoms. The Hall–Kier alpha value is -4.45. The smallest absolute Gasteiger partial charge is 0.359 e. The maximum absolute atomic E-state index is 14.5. The molecule has 0 unspecified atom stereocenters. The lowest BCUT2D eigenvalue weighted by atomic mass is 10.1. The lowest BCUT2D eigenvalue weighted by Crippen LogP contribution is -2.26. The molecular weight excluding hydrogens is 467 g/mol. The monoisotopic (exact) mass is 482 g/mol. The fourth-order valence-electron chi connectivity index (χ4n) is 3.27. The summed E-state index contributed by atoms with van der Waals surface area (Å²) >= 11 is 0.915. The Balaban J connectivity index is 1.91. The van der Waals surface area contributed by atoms with Crippen LogP contribution < -0.4 is 10.9 Å². The quantitative estimate of drug-likeness (QED) is 0.250. The minimum Gasteiger partial charge on any atom is -0.461 e. The summed E-state index contributed by atoms with van der Waals surface area (Å²) in [7, 11) is 0. The highest BCUT2D eigenvalue weighted by Gasteiger charge is 2.25. The molecule has 172 valence electrons. The molecule has 2 aromatic heterocycles. The van der Waals surface area contributed by atoms with Crippen LogP contribution in [0.3, 0.4) is 0 Å². The van der Waals surface area contributed by atoms with Crippen LogP contribution in [0.2, 0.25) is 0 Å². The van der Waals surface area contributed by atoms with Gasteiger partial charge in [0.25, 0.3) is 17.2 Å². The molecule has 0 fully saturated rings. The number of para-hydroxylation sites is 2. The topological polar surface area (TPSA) is 133 Å². The van der Waals surface area contributed by atoms with E-state index in [9.17, 15) is 28.9 Å². The third-order valence-corrected chi connectivity index (χ3v) is 5.67. The second-order valence-electron chi connectivity index (χ2n) is 6.82. The van der Waals surface area contributed by atoms with Crippen LogP contribution in [0.1, 0.15) is 27.8 Å². The predicted molar refractivity (Wildman–Crippen MR) is 122 cm³/mol. The van der Waals surface area contributed by atoms with Crippen molar-refractivity contribution in [2.45, 2.75) is 6.92 Å². The average molecular weight is 482 g/mol. The first kappa shape index (κ1) is 22.7. The molecule has 0 spiro atoms. The van der Waals surface area contributed by atoms with Crippen LogP contribution in [0, 0.1) is 15.9 Å². The Kier molecular flexibility index (Phi) is 6.15. The molecule has 10 nitrogen and oxygen atoms in total. The number of hydrogen-bond donors (Lipinski definition) is 1. The first-order valence-electron chi connectivity index (χ1n) is 9.84. The zero-order valence-corrected chi connectivity index (χ0v) is 18.3. The molecule has 4 rings (SSSR count). The van der Waals surface area contributed by atoms with Gasteiger partial charge in [0.05, 0.1) is 16.9 Å². The highest BCUT2D eigenvalue weighted by Crippen LogP contribution is 2.32. The van der Waals surface area contributed by atoms with E-state index >= 15 is 0 Å². The molecular formula is C22H15FN4O6S. The minimum atomic E-state index is -0.841. The molecule has 1 amide bonds. The molecule has 0 aliphatic rings. The zero-order valence-electron chi connectivity index (χ0n) is 17.5. The number of nitro groups is 1. The number of carbonyl (C=O) groups excluding carboxylic acids is 2. The average Bonchev–Trinajstić information content (AvgIpc) is 3.24. The molecule has 0 aliphatic heterocycles. The van der Waals surface area contributed by atoms with E-state index in [4.69, 9.17) is 4.74 Å². The number of amides is 1. The van der Waals surface area contributed by atoms with E-state index in [2.05, 4.69) is 10.4 Å². The molecule has 0 saturated carbocycles. The number of fused-ring (bicyclic) bond motifs is 1. The number of thiophene rings is 1. The Morgan fingerprint density at radius 2 is 1.91 bits per heavy atom. The number of nitro benzene ring substituents is 1. The van der Waals surface area contributed by atoms with Crippen LogP contribution >= 0.6 is 11.3 Å². The largest absolute Gasteiger partial charge is 0.461 e. The number of benzene rings is 2. The van der Waals surface area contributed by atoms with Gasteiger partial charge in [0.1, 0.15) is 22.1 Å². The number of hydrogen-bond acceptors (Lipinski definition) is 8. The Morgan fingerprint density at radius 3 is 2.62 bits per heavy atom. The summed E-state index contributed by atoms with van der Waals surface area (Å²) < 4.78 is 20.2. The van der Waals surface area contributed by atoms with E-state index in [1.54, 1.807) is 6.92 Å². The summed E-state index contributed by atoms with van der Waals surface area (Å²) in [5, 5.41) is 19.2. The Labute approximate surface area is 194 Å². The van der Waals surface area contributed by atoms with Crippen molar-refractivity contribution in [2.75, 3.05) is 11.9 Å². The van der Waals surface area contributed by atoms with Crippen LogP contribution in [0.25, 0.3) is 16.5 Å². The molecule has 4 aromatic rings. The first-order valence-corrected chi connectivity index (χ1v) is 10.7. The van der Waals surface area contributed by atoms with E-state index in [1.165, 1.54) is 47.8 Å². The fraction of sp³-hybridized carbons (Fsp3) is 0.0909. The number of esters is 1. The molecule has 0 aliphatic carbocycles. The number of anilines is 1. The van der Waals surface area contributed by atoms with Crippen molar-refractivity contribution in [3.8, 4) is 5.69 Å². The molecule has 0 saturated heterocycles. The second-order valence-corrected chi connectivity index (χ2v) is 7.70. The molecule has 34 heavy (non-hydrogen) atoms. The van der Waals surface area contributed by atoms with Gasteiger partial charge < -0.3 is 10.1 Å². The lowest BCUT2D eigenvalue weighted by Gasteiger charge is -2.10. The molecule has 0 radical (unpaired) electrons. The highest BCUT2D eigenvalue weighted by molar-refractivity contribution is 7.16. The van der Waals surface area contributed by atoms with Gasteiger partial charge in [-0.1, -0.05) is 24.3 Å². The van der Waals surface area contributed by atoms with Crippen LogP contribution in [0.15, 0.2) is 58.7 Å². The van der Waals surface area contributed by atoms with Gasteiger partial charge in [0, 0.05) is 16.8 Å². The number of carbonyl (C=O) groups is 2. The standard InChI is InChI=1S/C22H15FN4O6S/c1-2-33-22(30)18-13-11-34-20(24-19(28)12-7-3-5-9-15(12)27(31)32)17(13)21(29)26(25-18)16-10-6-4-8-14(16)23/h3-11H,2H2,1H3,(H,24,28). The summed E-state index contributed by atoms with van der Waals surface area (Å²) in [6.07, 6.45) is 0. The van der Waals surface area contributed by atoms with Gasteiger partial charge >= 0.3 is 5.97 Å². The number of nitrogens with zero attached hydrogens (tertiary/aromatic N) is 3. The molecule has 2 heterocycles. The van der Waals surface area contributed by atoms with E-state index in [-0.39, 0.29) is 39.3 Å². The minimum absolute atomic E-state index is 0.0150. The van der Waals surface area contributed by atoms with Gasteiger partial charge in [-0.3, -0.25) is 19.7 Å². The van der Waals surface area contributed by atoms with Gasteiger partial charge in [0.2, 0.25) is 0 Å². The summed E-state index contributed by atoms with van der Waals surface area (Å²) in [4.78, 5) is 49.3. The SMILES string of the molecule is CCOC(=O)c1nn(-c2ccccc2F)c(=O)c2c(NC(=O)c3ccccc3[N+](=O)[O-])scc12. The molecule has 0 bridgehead atoms.